The summed E-state index contributed by atoms with van der Waals surface area (Å²) in [5.41, 5.74) is 6.41. The van der Waals surface area contributed by atoms with Gasteiger partial charge >= 0.3 is 0 Å². The third-order valence-electron chi connectivity index (χ3n) is 4.85. The zero-order valence-electron chi connectivity index (χ0n) is 13.3. The van der Waals surface area contributed by atoms with Gasteiger partial charge in [0.2, 0.25) is 0 Å². The molecule has 0 fully saturated rings. The molecule has 0 atom stereocenters. The molecule has 0 aromatic rings. The summed E-state index contributed by atoms with van der Waals surface area (Å²) in [5.74, 6) is 0. The Balaban J connectivity index is 2.39. The van der Waals surface area contributed by atoms with Gasteiger partial charge in [0.1, 0.15) is 0 Å². The molecule has 2 aliphatic rings. The van der Waals surface area contributed by atoms with Gasteiger partial charge in [0.15, 0.2) is 0 Å². The predicted octanol–water partition coefficient (Wildman–Crippen LogP) is 3.68. The second-order valence-electron chi connectivity index (χ2n) is 6.94. The Bertz CT molecular complexity index is 569. The Morgan fingerprint density at radius 1 is 0.737 bits per heavy atom. The van der Waals surface area contributed by atoms with Crippen molar-refractivity contribution in [1.82, 2.24) is 0 Å². The van der Waals surface area contributed by atoms with E-state index >= 15 is 0 Å². The van der Waals surface area contributed by atoms with Crippen LogP contribution in [0.4, 0.5) is 0 Å². The number of hydrogen-bond donors (Lipinski definition) is 0. The van der Waals surface area contributed by atoms with E-state index in [0.717, 1.165) is 0 Å². The lowest BCUT2D eigenvalue weighted by Gasteiger charge is -2.20. The summed E-state index contributed by atoms with van der Waals surface area (Å²) in [6.07, 6.45) is 0. The Morgan fingerprint density at radius 2 is 1.21 bits per heavy atom. The van der Waals surface area contributed by atoms with E-state index < -0.39 is 8.07 Å². The van der Waals surface area contributed by atoms with E-state index in [0.29, 0.717) is 0 Å². The topological polar surface area (TPSA) is 0 Å². The van der Waals surface area contributed by atoms with Gasteiger partial charge in [-0.25, -0.2) is 0 Å². The quantitative estimate of drug-likeness (QED) is 0.652. The Morgan fingerprint density at radius 3 is 1.58 bits per heavy atom. The van der Waals surface area contributed by atoms with E-state index in [-0.39, 0.29) is 19.0 Å². The third-order valence-corrected chi connectivity index (χ3v) is 17.0. The van der Waals surface area contributed by atoms with Crippen molar-refractivity contribution in [2.45, 2.75) is 47.3 Å². The van der Waals surface area contributed by atoms with Crippen LogP contribution in [0.1, 0.15) is 27.7 Å². The van der Waals surface area contributed by atoms with Gasteiger partial charge in [-0.1, -0.05) is 61.9 Å². The van der Waals surface area contributed by atoms with Crippen LogP contribution in [0.3, 0.4) is 0 Å². The monoisotopic (exact) mass is 368 g/mol. The zero-order chi connectivity index (χ0) is 14.5. The van der Waals surface area contributed by atoms with E-state index in [4.69, 9.17) is 0 Å². The Labute approximate surface area is 131 Å². The first-order chi connectivity index (χ1) is 8.64. The van der Waals surface area contributed by atoms with E-state index in [1.165, 1.54) is 9.68 Å². The van der Waals surface area contributed by atoms with E-state index in [2.05, 4.69) is 63.3 Å². The molecule has 0 unspecified atom stereocenters. The summed E-state index contributed by atoms with van der Waals surface area (Å²) in [4.78, 5) is 1.91. The smallest absolute Gasteiger partial charge is 0.0892 e. The molecule has 0 aromatic heterocycles. The molecule has 0 nitrogen and oxygen atoms in total. The van der Waals surface area contributed by atoms with Crippen LogP contribution >= 0.6 is 15.9 Å². The van der Waals surface area contributed by atoms with Crippen molar-refractivity contribution in [3.8, 4) is 0 Å². The molecule has 0 bridgehead atoms. The van der Waals surface area contributed by atoms with Crippen molar-refractivity contribution < 1.29 is 0 Å². The van der Waals surface area contributed by atoms with Gasteiger partial charge in [0.25, 0.3) is 0 Å². The van der Waals surface area contributed by atoms with Gasteiger partial charge in [-0.05, 0) is 42.9 Å². The van der Waals surface area contributed by atoms with Gasteiger partial charge in [0, 0.05) is 0 Å². The maximum absolute atomic E-state index is 3.81. The molecule has 2 heterocycles. The molecule has 0 aliphatic carbocycles. The van der Waals surface area contributed by atoms with Gasteiger partial charge in [0.05, 0.1) is 27.1 Å². The molecule has 0 aromatic carbocycles. The Kier molecular flexibility index (Phi) is 4.18. The highest BCUT2D eigenvalue weighted by Gasteiger charge is 2.32. The van der Waals surface area contributed by atoms with Crippen molar-refractivity contribution in [3.63, 3.8) is 0 Å². The van der Waals surface area contributed by atoms with Crippen LogP contribution in [0.5, 0.6) is 0 Å². The van der Waals surface area contributed by atoms with Gasteiger partial charge in [-0.2, -0.15) is 0 Å². The molecule has 0 saturated carbocycles. The van der Waals surface area contributed by atoms with Crippen LogP contribution in [-0.4, -0.2) is 27.1 Å². The first-order valence-corrected chi connectivity index (χ1v) is 14.2. The van der Waals surface area contributed by atoms with Gasteiger partial charge in [-0.15, -0.1) is 0 Å². The molecule has 2 rings (SSSR count). The van der Waals surface area contributed by atoms with Crippen molar-refractivity contribution in [2.24, 2.45) is 0 Å². The molecule has 19 heavy (non-hydrogen) atoms. The summed E-state index contributed by atoms with van der Waals surface area (Å²) >= 11 is 3.81. The highest BCUT2D eigenvalue weighted by molar-refractivity contribution is 9.12. The summed E-state index contributed by atoms with van der Waals surface area (Å²) in [6.45, 7) is 16.9. The Hall–Kier alpha value is 0.0906. The fourth-order valence-electron chi connectivity index (χ4n) is 3.24. The fourth-order valence-corrected chi connectivity index (χ4v) is 12.8. The van der Waals surface area contributed by atoms with Crippen molar-refractivity contribution >= 4 is 43.0 Å². The first-order valence-electron chi connectivity index (χ1n) is 7.10. The van der Waals surface area contributed by atoms with Gasteiger partial charge < -0.3 is 0 Å². The molecule has 0 N–H and O–H groups in total. The van der Waals surface area contributed by atoms with Crippen LogP contribution < -0.4 is 0 Å². The molecule has 104 valence electrons. The summed E-state index contributed by atoms with van der Waals surface area (Å²) in [5, 5.41) is 3.59. The molecule has 0 saturated heterocycles. The summed E-state index contributed by atoms with van der Waals surface area (Å²) in [7, 11) is -1.52. The van der Waals surface area contributed by atoms with Crippen molar-refractivity contribution in [1.29, 1.82) is 0 Å². The van der Waals surface area contributed by atoms with Crippen LogP contribution in [0, 0.1) is 0 Å². The first kappa shape index (κ1) is 15.5. The second-order valence-corrected chi connectivity index (χ2v) is 18.3. The number of halogens is 1. The minimum absolute atomic E-state index is 0.184. The molecule has 4 heteroatoms. The van der Waals surface area contributed by atoms with Crippen LogP contribution in [0.25, 0.3) is 0 Å². The number of rotatable bonds is 2. The van der Waals surface area contributed by atoms with Gasteiger partial charge in [-0.3, -0.25) is 0 Å². The van der Waals surface area contributed by atoms with E-state index in [1.54, 1.807) is 21.9 Å². The largest absolute Gasteiger partial charge is 0.0969 e. The van der Waals surface area contributed by atoms with Crippen LogP contribution in [-0.2, 0) is 0 Å². The highest BCUT2D eigenvalue weighted by Crippen LogP contribution is 2.40. The zero-order valence-corrected chi connectivity index (χ0v) is 18.7. The summed E-state index contributed by atoms with van der Waals surface area (Å²) in [6, 6.07) is 0. The fraction of sp³-hybridized carbons (Fsp3) is 0.467. The minimum Gasteiger partial charge on any atom is -0.0892 e. The second kappa shape index (κ2) is 5.13. The highest BCUT2D eigenvalue weighted by atomic mass is 79.9. The SMILES string of the molecule is CC1=C(Br)[SiH2]C(C2=C(C)C(C)=C([Si](C)(C)C)[SiH2]2)=C1C. The lowest BCUT2D eigenvalue weighted by Crippen LogP contribution is -2.28. The predicted molar refractivity (Wildman–Crippen MR) is 100 cm³/mol. The average molecular weight is 370 g/mol. The number of allylic oxidation sites excluding steroid dienone is 6. The normalized spacial score (nSPS) is 24.0. The van der Waals surface area contributed by atoms with E-state index in [9.17, 15) is 0 Å². The molecule has 2 aliphatic heterocycles. The molecular formula is C15H25BrSi3. The standard InChI is InChI=1S/C15H25BrSi3/c1-8-10(3)14(16)17-12(8)13-9(2)11(4)15(18-13)19(5,6)7/h17-18H2,1-7H3. The average Bonchev–Trinajstić information content (AvgIpc) is 2.72. The summed E-state index contributed by atoms with van der Waals surface area (Å²) < 4.78 is 1.54. The maximum Gasteiger partial charge on any atom is 0.0969 e. The lowest BCUT2D eigenvalue weighted by molar-refractivity contribution is 1.32. The van der Waals surface area contributed by atoms with Crippen LogP contribution in [0.15, 0.2) is 41.6 Å². The van der Waals surface area contributed by atoms with E-state index in [1.807, 2.05) is 10.0 Å². The maximum atomic E-state index is 3.81. The lowest BCUT2D eigenvalue weighted by atomic mass is 10.1. The molecule has 0 amide bonds. The molecule has 0 radical (unpaired) electrons. The molecule has 0 spiro atoms. The van der Waals surface area contributed by atoms with Crippen molar-refractivity contribution in [2.75, 3.05) is 0 Å². The number of hydrogen-bond acceptors (Lipinski definition) is 0. The van der Waals surface area contributed by atoms with Crippen LogP contribution in [0.2, 0.25) is 19.6 Å². The minimum atomic E-state index is -1.11. The molecular weight excluding hydrogens is 344 g/mol. The third kappa shape index (κ3) is 2.64. The van der Waals surface area contributed by atoms with Crippen molar-refractivity contribution in [3.05, 3.63) is 41.6 Å².